The normalized spacial score (nSPS) is 17.5. The maximum atomic E-state index is 13.6. The molecule has 15 nitrogen and oxygen atoms in total. The summed E-state index contributed by atoms with van der Waals surface area (Å²) in [6.45, 7) is 8.74. The van der Waals surface area contributed by atoms with Crippen molar-refractivity contribution >= 4 is 35.0 Å². The first-order valence-electron chi connectivity index (χ1n) is 21.6. The smallest absolute Gasteiger partial charge is 0.407 e. The Labute approximate surface area is 361 Å². The fourth-order valence-corrected chi connectivity index (χ4v) is 8.94. The first-order chi connectivity index (χ1) is 29.9. The average Bonchev–Trinajstić information content (AvgIpc) is 3.98. The van der Waals surface area contributed by atoms with E-state index in [1.165, 1.54) is 14.2 Å². The molecule has 2 aliphatic heterocycles. The zero-order chi connectivity index (χ0) is 43.7. The third kappa shape index (κ3) is 8.44. The van der Waals surface area contributed by atoms with Crippen LogP contribution in [0.5, 0.6) is 5.75 Å². The molecule has 8 rings (SSSR count). The van der Waals surface area contributed by atoms with Gasteiger partial charge in [0.1, 0.15) is 29.5 Å². The molecule has 4 heterocycles. The highest BCUT2D eigenvalue weighted by Gasteiger charge is 2.44. The Hall–Kier alpha value is -6.38. The quantitative estimate of drug-likeness (QED) is 0.0879. The van der Waals surface area contributed by atoms with E-state index in [1.54, 1.807) is 0 Å². The Morgan fingerprint density at radius 2 is 1.47 bits per heavy atom. The average molecular weight is 845 g/mol. The fourth-order valence-electron chi connectivity index (χ4n) is 8.94. The Kier molecular flexibility index (Phi) is 12.0. The number of rotatable bonds is 12. The van der Waals surface area contributed by atoms with Gasteiger partial charge in [-0.25, -0.2) is 19.6 Å². The molecule has 0 unspecified atom stereocenters. The van der Waals surface area contributed by atoms with Crippen molar-refractivity contribution in [2.24, 2.45) is 11.8 Å². The van der Waals surface area contributed by atoms with Crippen molar-refractivity contribution in [3.63, 3.8) is 0 Å². The predicted molar refractivity (Wildman–Crippen MR) is 234 cm³/mol. The van der Waals surface area contributed by atoms with Crippen LogP contribution in [0.3, 0.4) is 0 Å². The zero-order valence-corrected chi connectivity index (χ0v) is 36.2. The topological polar surface area (TPSA) is 193 Å². The van der Waals surface area contributed by atoms with Crippen LogP contribution in [0.1, 0.15) is 77.1 Å². The number of likely N-dealkylation sites (tertiary alicyclic amines) is 1. The Bertz CT molecular complexity index is 2470. The second kappa shape index (κ2) is 17.5. The maximum Gasteiger partial charge on any atom is 0.407 e. The number of carbonyl (C=O) groups excluding carboxylic acids is 4. The number of imidazole rings is 2. The molecule has 0 radical (unpaired) electrons. The summed E-state index contributed by atoms with van der Waals surface area (Å²) in [5.74, 6) is 1.73. The number of nitrogens with zero attached hydrogens (tertiary/aromatic N) is 3. The van der Waals surface area contributed by atoms with Crippen LogP contribution >= 0.6 is 0 Å². The number of methoxy groups -OCH3 is 2. The van der Waals surface area contributed by atoms with Gasteiger partial charge in [-0.3, -0.25) is 9.59 Å². The fraction of sp³-hybridized carbons (Fsp3) is 0.447. The lowest BCUT2D eigenvalue weighted by molar-refractivity contribution is -0.135. The zero-order valence-electron chi connectivity index (χ0n) is 36.2. The van der Waals surface area contributed by atoms with Crippen LogP contribution in [0.15, 0.2) is 60.7 Å². The molecule has 1 aliphatic carbocycles. The number of hydrogen-bond donors (Lipinski definition) is 5. The Morgan fingerprint density at radius 1 is 0.823 bits per heavy atom. The van der Waals surface area contributed by atoms with Gasteiger partial charge in [0.15, 0.2) is 0 Å². The highest BCUT2D eigenvalue weighted by molar-refractivity contribution is 5.88. The summed E-state index contributed by atoms with van der Waals surface area (Å²) in [5.41, 5.74) is 8.02. The van der Waals surface area contributed by atoms with Crippen LogP contribution in [-0.2, 0) is 37.4 Å². The van der Waals surface area contributed by atoms with Crippen LogP contribution in [0, 0.1) is 11.8 Å². The monoisotopic (exact) mass is 844 g/mol. The largest absolute Gasteiger partial charge is 0.492 e. The number of nitrogens with one attached hydrogen (secondary N) is 5. The summed E-state index contributed by atoms with van der Waals surface area (Å²) in [7, 11) is 2.58. The van der Waals surface area contributed by atoms with Crippen molar-refractivity contribution in [2.45, 2.75) is 96.3 Å². The first-order valence-corrected chi connectivity index (χ1v) is 21.6. The minimum absolute atomic E-state index is 0.0289. The summed E-state index contributed by atoms with van der Waals surface area (Å²) < 4.78 is 15.8. The van der Waals surface area contributed by atoms with Gasteiger partial charge in [-0.05, 0) is 90.5 Å². The number of H-pyrrole nitrogens is 2. The second-order valence-corrected chi connectivity index (χ2v) is 17.4. The van der Waals surface area contributed by atoms with Crippen LogP contribution in [0.25, 0.3) is 44.5 Å². The Morgan fingerprint density at radius 3 is 2.11 bits per heavy atom. The number of benzene rings is 3. The summed E-state index contributed by atoms with van der Waals surface area (Å²) in [4.78, 5) is 70.0. The molecule has 1 saturated heterocycles. The lowest BCUT2D eigenvalue weighted by Crippen LogP contribution is -2.58. The minimum atomic E-state index is -0.738. The van der Waals surface area contributed by atoms with E-state index in [1.807, 2.05) is 38.7 Å². The lowest BCUT2D eigenvalue weighted by Gasteiger charge is -2.42. The second-order valence-electron chi connectivity index (χ2n) is 17.4. The van der Waals surface area contributed by atoms with Crippen LogP contribution in [0.4, 0.5) is 9.59 Å². The number of aromatic amines is 2. The van der Waals surface area contributed by atoms with Gasteiger partial charge < -0.3 is 45.0 Å². The van der Waals surface area contributed by atoms with Crippen molar-refractivity contribution in [3.8, 4) is 39.3 Å². The molecular weight excluding hydrogens is 789 g/mol. The third-order valence-corrected chi connectivity index (χ3v) is 12.6. The van der Waals surface area contributed by atoms with Crippen LogP contribution in [0.2, 0.25) is 0 Å². The molecule has 326 valence electrons. The number of hydrogen-bond acceptors (Lipinski definition) is 9. The minimum Gasteiger partial charge on any atom is -0.492 e. The molecule has 1 saturated carbocycles. The number of alkyl carbamates (subject to hydrolysis) is 2. The first kappa shape index (κ1) is 42.3. The van der Waals surface area contributed by atoms with Gasteiger partial charge in [-0.2, -0.15) is 0 Å². The lowest BCUT2D eigenvalue weighted by atomic mass is 9.75. The van der Waals surface area contributed by atoms with Crippen molar-refractivity contribution in [3.05, 3.63) is 78.0 Å². The summed E-state index contributed by atoms with van der Waals surface area (Å²) in [5, 5.41) is 8.59. The summed E-state index contributed by atoms with van der Waals surface area (Å²) >= 11 is 0. The summed E-state index contributed by atoms with van der Waals surface area (Å²) in [6.07, 6.45) is 4.21. The molecule has 5 N–H and O–H groups in total. The van der Waals surface area contributed by atoms with Gasteiger partial charge >= 0.3 is 12.2 Å². The molecule has 2 fully saturated rings. The van der Waals surface area contributed by atoms with E-state index in [2.05, 4.69) is 80.5 Å². The van der Waals surface area contributed by atoms with Gasteiger partial charge in [0, 0.05) is 36.7 Å². The van der Waals surface area contributed by atoms with E-state index in [0.29, 0.717) is 31.8 Å². The van der Waals surface area contributed by atoms with Crippen molar-refractivity contribution in [1.82, 2.24) is 40.8 Å². The molecule has 3 aliphatic rings. The number of aromatic nitrogens is 4. The van der Waals surface area contributed by atoms with Gasteiger partial charge in [0.05, 0.1) is 43.1 Å². The van der Waals surface area contributed by atoms with Gasteiger partial charge in [0.2, 0.25) is 11.8 Å². The van der Waals surface area contributed by atoms with Crippen LogP contribution < -0.4 is 20.7 Å². The van der Waals surface area contributed by atoms with E-state index in [9.17, 15) is 19.2 Å². The van der Waals surface area contributed by atoms with Gasteiger partial charge in [0.25, 0.3) is 0 Å². The molecule has 2 aromatic heterocycles. The molecule has 3 aromatic carbocycles. The molecule has 3 atom stereocenters. The van der Waals surface area contributed by atoms with Crippen molar-refractivity contribution in [2.75, 3.05) is 27.4 Å². The van der Waals surface area contributed by atoms with E-state index in [4.69, 9.17) is 24.2 Å². The molecule has 0 bridgehead atoms. The molecule has 4 amide bonds. The molecular formula is C47H56N8O7. The predicted octanol–water partition coefficient (Wildman–Crippen LogP) is 7.01. The maximum absolute atomic E-state index is 13.6. The highest BCUT2D eigenvalue weighted by atomic mass is 16.5. The summed E-state index contributed by atoms with van der Waals surface area (Å²) in [6, 6.07) is 19.4. The van der Waals surface area contributed by atoms with Crippen molar-refractivity contribution in [1.29, 1.82) is 0 Å². The molecule has 5 aromatic rings. The SMILES string of the molecule is COC(=O)N[C@H](C(=O)NC1(c2nc3ccc(-c4ccc(-c5ccc6c(c5)OCCc5[nH]c(C[C@@H]7CCCN7C(=O)[C@@H](NC(=O)OC)C(C)C)nc5-6)cc4)cc3[nH]2)CCC1)C(C)C. The van der Waals surface area contributed by atoms with Crippen LogP contribution in [-0.4, -0.2) is 94.3 Å². The van der Waals surface area contributed by atoms with E-state index < -0.39 is 29.8 Å². The van der Waals surface area contributed by atoms with Gasteiger partial charge in [-0.1, -0.05) is 64.1 Å². The van der Waals surface area contributed by atoms with E-state index in [-0.39, 0.29) is 29.7 Å². The number of ether oxygens (including phenoxy) is 3. The molecule has 15 heteroatoms. The number of amides is 4. The number of fused-ring (bicyclic) bond motifs is 4. The van der Waals surface area contributed by atoms with E-state index >= 15 is 0 Å². The number of carbonyl (C=O) groups is 4. The van der Waals surface area contributed by atoms with Crippen molar-refractivity contribution < 1.29 is 33.4 Å². The standard InChI is InChI=1S/C47H56N8O7/c1-26(2)39(52-45(58)60-5)42(56)54-47(19-8-20-47)44-49-34-17-15-30(23-36(34)50-44)28-10-12-29(13-11-28)31-14-16-33-37(24-31)62-22-18-35-41(33)51-38(48-35)25-32-9-7-21-55(32)43(57)40(27(3)4)53-46(59)61-6/h10-17,23-24,26-27,32,39-40H,7-9,18-22,25H2,1-6H3,(H,48,51)(H,49,50)(H,52,58)(H,53,59)(H,54,56)/t32-,39-,40-/m0/s1. The Balaban J connectivity index is 0.962. The van der Waals surface area contributed by atoms with E-state index in [0.717, 1.165) is 93.9 Å². The molecule has 0 spiro atoms. The molecule has 62 heavy (non-hydrogen) atoms. The highest BCUT2D eigenvalue weighted by Crippen LogP contribution is 2.42. The van der Waals surface area contributed by atoms with Gasteiger partial charge in [-0.15, -0.1) is 0 Å². The third-order valence-electron chi connectivity index (χ3n) is 12.6.